The van der Waals surface area contributed by atoms with Crippen LogP contribution in [-0.2, 0) is 9.59 Å². The lowest BCUT2D eigenvalue weighted by atomic mass is 10.1. The van der Waals surface area contributed by atoms with Gasteiger partial charge in [-0.05, 0) is 29.9 Å². The number of carbonyl (C=O) groups excluding carboxylic acids is 2. The van der Waals surface area contributed by atoms with Gasteiger partial charge in [0, 0.05) is 30.7 Å². The molecule has 2 aromatic rings. The fraction of sp³-hybridized carbons (Fsp3) is 0.318. The average Bonchev–Trinajstić information content (AvgIpc) is 3.23. The standard InChI is InChI=1S/C22H25N3O2S/c26-21(23-15-7-17-28-19-10-5-2-6-11-19)12-13-22(27)25-16-14-20(24-25)18-8-3-1-4-9-18/h1-6,8-11H,7,12-17H2,(H,23,26). The molecule has 28 heavy (non-hydrogen) atoms. The van der Waals surface area contributed by atoms with Crippen LogP contribution in [0.5, 0.6) is 0 Å². The van der Waals surface area contributed by atoms with E-state index in [0.29, 0.717) is 13.1 Å². The maximum absolute atomic E-state index is 12.3. The van der Waals surface area contributed by atoms with Gasteiger partial charge in [-0.25, -0.2) is 5.01 Å². The first-order valence-corrected chi connectivity index (χ1v) is 10.6. The van der Waals surface area contributed by atoms with Crippen LogP contribution in [0.15, 0.2) is 70.7 Å². The molecule has 1 aliphatic heterocycles. The minimum atomic E-state index is -0.0966. The average molecular weight is 396 g/mol. The summed E-state index contributed by atoms with van der Waals surface area (Å²) in [5.74, 6) is 0.777. The molecule has 0 atom stereocenters. The van der Waals surface area contributed by atoms with E-state index < -0.39 is 0 Å². The van der Waals surface area contributed by atoms with E-state index >= 15 is 0 Å². The number of carbonyl (C=O) groups is 2. The Bertz CT molecular complexity index is 809. The number of nitrogens with one attached hydrogen (secondary N) is 1. The summed E-state index contributed by atoms with van der Waals surface area (Å²) >= 11 is 1.78. The molecule has 1 aliphatic rings. The summed E-state index contributed by atoms with van der Waals surface area (Å²) in [5.41, 5.74) is 1.97. The third kappa shape index (κ3) is 6.23. The Balaban J connectivity index is 1.31. The number of rotatable bonds is 9. The first kappa shape index (κ1) is 20.1. The van der Waals surface area contributed by atoms with E-state index in [1.54, 1.807) is 11.8 Å². The quantitative estimate of drug-likeness (QED) is 0.520. The lowest BCUT2D eigenvalue weighted by Gasteiger charge is -2.11. The Labute approximate surface area is 170 Å². The van der Waals surface area contributed by atoms with Crippen molar-refractivity contribution in [3.63, 3.8) is 0 Å². The Morgan fingerprint density at radius 1 is 1.00 bits per heavy atom. The van der Waals surface area contributed by atoms with Gasteiger partial charge in [0.1, 0.15) is 0 Å². The number of nitrogens with zero attached hydrogens (tertiary/aromatic N) is 2. The molecule has 6 heteroatoms. The van der Waals surface area contributed by atoms with Gasteiger partial charge < -0.3 is 5.32 Å². The van der Waals surface area contributed by atoms with E-state index in [1.807, 2.05) is 48.5 Å². The Kier molecular flexibility index (Phi) is 7.67. The highest BCUT2D eigenvalue weighted by Crippen LogP contribution is 2.17. The number of thioether (sulfide) groups is 1. The first-order valence-electron chi connectivity index (χ1n) is 9.60. The van der Waals surface area contributed by atoms with Gasteiger partial charge in [0.15, 0.2) is 0 Å². The SMILES string of the molecule is O=C(CCC(=O)N1CCC(c2ccccc2)=N1)NCCCSc1ccccc1. The molecule has 2 aromatic carbocycles. The maximum Gasteiger partial charge on any atom is 0.243 e. The summed E-state index contributed by atoms with van der Waals surface area (Å²) in [6, 6.07) is 20.1. The van der Waals surface area contributed by atoms with Crippen LogP contribution in [0.3, 0.4) is 0 Å². The Morgan fingerprint density at radius 3 is 2.46 bits per heavy atom. The van der Waals surface area contributed by atoms with Crippen LogP contribution >= 0.6 is 11.8 Å². The van der Waals surface area contributed by atoms with Gasteiger partial charge in [-0.1, -0.05) is 48.5 Å². The molecule has 0 saturated heterocycles. The smallest absolute Gasteiger partial charge is 0.243 e. The monoisotopic (exact) mass is 395 g/mol. The van der Waals surface area contributed by atoms with Crippen LogP contribution in [0.2, 0.25) is 0 Å². The summed E-state index contributed by atoms with van der Waals surface area (Å²) < 4.78 is 0. The van der Waals surface area contributed by atoms with Crippen LogP contribution in [0.1, 0.15) is 31.2 Å². The lowest BCUT2D eigenvalue weighted by molar-refractivity contribution is -0.133. The normalized spacial score (nSPS) is 13.3. The predicted octanol–water partition coefficient (Wildman–Crippen LogP) is 3.70. The third-order valence-electron chi connectivity index (χ3n) is 4.42. The molecule has 146 valence electrons. The predicted molar refractivity (Wildman–Crippen MR) is 113 cm³/mol. The molecule has 0 bridgehead atoms. The first-order chi connectivity index (χ1) is 13.7. The van der Waals surface area contributed by atoms with Crippen LogP contribution < -0.4 is 5.32 Å². The van der Waals surface area contributed by atoms with Crippen molar-refractivity contribution in [1.29, 1.82) is 0 Å². The number of hydrogen-bond acceptors (Lipinski definition) is 4. The van der Waals surface area contributed by atoms with E-state index in [2.05, 4.69) is 22.6 Å². The van der Waals surface area contributed by atoms with Crippen LogP contribution in [-0.4, -0.2) is 41.4 Å². The van der Waals surface area contributed by atoms with Crippen LogP contribution in [0.4, 0.5) is 0 Å². The van der Waals surface area contributed by atoms with Gasteiger partial charge >= 0.3 is 0 Å². The summed E-state index contributed by atoms with van der Waals surface area (Å²) in [4.78, 5) is 25.5. The van der Waals surface area contributed by atoms with E-state index in [9.17, 15) is 9.59 Å². The minimum absolute atomic E-state index is 0.0791. The molecule has 3 rings (SSSR count). The highest BCUT2D eigenvalue weighted by Gasteiger charge is 2.21. The number of amides is 2. The summed E-state index contributed by atoms with van der Waals surface area (Å²) in [5, 5.41) is 8.80. The number of hydrogen-bond donors (Lipinski definition) is 1. The van der Waals surface area contributed by atoms with Gasteiger partial charge in [-0.3, -0.25) is 9.59 Å². The van der Waals surface area contributed by atoms with Crippen molar-refractivity contribution in [1.82, 2.24) is 10.3 Å². The Hall–Kier alpha value is -2.60. The Morgan fingerprint density at radius 2 is 1.71 bits per heavy atom. The van der Waals surface area contributed by atoms with Crippen LogP contribution in [0.25, 0.3) is 0 Å². The lowest BCUT2D eigenvalue weighted by Crippen LogP contribution is -2.28. The molecular formula is C22H25N3O2S. The second-order valence-corrected chi connectivity index (χ2v) is 7.71. The van der Waals surface area contributed by atoms with Gasteiger partial charge in [0.05, 0.1) is 12.3 Å². The van der Waals surface area contributed by atoms with E-state index in [1.165, 1.54) is 9.90 Å². The van der Waals surface area contributed by atoms with Crippen molar-refractivity contribution in [2.75, 3.05) is 18.8 Å². The summed E-state index contributed by atoms with van der Waals surface area (Å²) in [6.45, 7) is 1.22. The largest absolute Gasteiger partial charge is 0.356 e. The number of benzene rings is 2. The van der Waals surface area contributed by atoms with Crippen molar-refractivity contribution in [3.05, 3.63) is 66.2 Å². The molecule has 0 spiro atoms. The van der Waals surface area contributed by atoms with Crippen molar-refractivity contribution < 1.29 is 9.59 Å². The molecule has 0 aliphatic carbocycles. The molecular weight excluding hydrogens is 370 g/mol. The van der Waals surface area contributed by atoms with E-state index in [4.69, 9.17) is 0 Å². The van der Waals surface area contributed by atoms with Crippen molar-refractivity contribution >= 4 is 29.3 Å². The maximum atomic E-state index is 12.3. The number of hydrazone groups is 1. The molecule has 0 unspecified atom stereocenters. The molecule has 2 amide bonds. The summed E-state index contributed by atoms with van der Waals surface area (Å²) in [6.07, 6.45) is 2.05. The molecule has 0 aromatic heterocycles. The second-order valence-electron chi connectivity index (χ2n) is 6.54. The van der Waals surface area contributed by atoms with E-state index in [-0.39, 0.29) is 24.7 Å². The fourth-order valence-electron chi connectivity index (χ4n) is 2.92. The minimum Gasteiger partial charge on any atom is -0.356 e. The van der Waals surface area contributed by atoms with Gasteiger partial charge in [0.2, 0.25) is 11.8 Å². The zero-order chi connectivity index (χ0) is 19.6. The van der Waals surface area contributed by atoms with Gasteiger partial charge in [0.25, 0.3) is 0 Å². The zero-order valence-electron chi connectivity index (χ0n) is 15.8. The molecule has 0 fully saturated rings. The molecule has 0 radical (unpaired) electrons. The second kappa shape index (κ2) is 10.7. The van der Waals surface area contributed by atoms with Crippen molar-refractivity contribution in [2.24, 2.45) is 5.10 Å². The molecule has 0 saturated carbocycles. The van der Waals surface area contributed by atoms with E-state index in [0.717, 1.165) is 29.9 Å². The van der Waals surface area contributed by atoms with Crippen molar-refractivity contribution in [3.8, 4) is 0 Å². The summed E-state index contributed by atoms with van der Waals surface area (Å²) in [7, 11) is 0. The van der Waals surface area contributed by atoms with Crippen molar-refractivity contribution in [2.45, 2.75) is 30.6 Å². The molecule has 5 nitrogen and oxygen atoms in total. The zero-order valence-corrected chi connectivity index (χ0v) is 16.7. The molecule has 1 heterocycles. The highest BCUT2D eigenvalue weighted by molar-refractivity contribution is 7.99. The molecule has 1 N–H and O–H groups in total. The van der Waals surface area contributed by atoms with Crippen LogP contribution in [0, 0.1) is 0 Å². The van der Waals surface area contributed by atoms with Gasteiger partial charge in [-0.2, -0.15) is 5.10 Å². The highest BCUT2D eigenvalue weighted by atomic mass is 32.2. The fourth-order valence-corrected chi connectivity index (χ4v) is 3.79. The topological polar surface area (TPSA) is 61.8 Å². The third-order valence-corrected chi connectivity index (χ3v) is 5.52. The van der Waals surface area contributed by atoms with Gasteiger partial charge in [-0.15, -0.1) is 11.8 Å².